The predicted molar refractivity (Wildman–Crippen MR) is 52.9 cm³/mol. The topological polar surface area (TPSA) is 95.2 Å². The van der Waals surface area contributed by atoms with Crippen LogP contribution < -0.4 is 11.3 Å². The van der Waals surface area contributed by atoms with Crippen LogP contribution in [0.15, 0.2) is 35.7 Å². The number of rotatable bonds is 2. The van der Waals surface area contributed by atoms with Gasteiger partial charge in [0.15, 0.2) is 0 Å². The summed E-state index contributed by atoms with van der Waals surface area (Å²) in [6.07, 6.45) is 1.63. The van der Waals surface area contributed by atoms with E-state index in [-0.39, 0.29) is 11.0 Å². The van der Waals surface area contributed by atoms with Crippen LogP contribution in [0.1, 0.15) is 5.56 Å². The van der Waals surface area contributed by atoms with Crippen LogP contribution in [0.25, 0.3) is 6.08 Å². The summed E-state index contributed by atoms with van der Waals surface area (Å²) in [6, 6.07) is 6.19. The Balaban J connectivity index is 0.00000144. The average molecular weight is 200 g/mol. The summed E-state index contributed by atoms with van der Waals surface area (Å²) in [5, 5.41) is 4.89. The molecule has 1 aromatic carbocycles. The van der Waals surface area contributed by atoms with Crippen LogP contribution in [0.2, 0.25) is 0 Å². The Morgan fingerprint density at radius 2 is 1.69 bits per heavy atom. The lowest BCUT2D eigenvalue weighted by atomic mass is 10.2. The van der Waals surface area contributed by atoms with Gasteiger partial charge in [-0.3, -0.25) is 0 Å². The van der Waals surface area contributed by atoms with Crippen molar-refractivity contribution in [1.29, 1.82) is 0 Å². The van der Waals surface area contributed by atoms with Crippen LogP contribution in [-0.2, 0) is 10.0 Å². The number of nitrogens with two attached hydrogens (primary N) is 1. The summed E-state index contributed by atoms with van der Waals surface area (Å²) in [4.78, 5) is 0.119. The van der Waals surface area contributed by atoms with Gasteiger partial charge in [0.25, 0.3) is 0 Å². The van der Waals surface area contributed by atoms with Gasteiger partial charge in [0.2, 0.25) is 10.0 Å². The van der Waals surface area contributed by atoms with E-state index in [2.05, 4.69) is 6.58 Å². The van der Waals surface area contributed by atoms with Crippen molar-refractivity contribution in [3.63, 3.8) is 0 Å². The van der Waals surface area contributed by atoms with Crippen LogP contribution >= 0.6 is 0 Å². The molecule has 0 saturated carbocycles. The van der Waals surface area contributed by atoms with Crippen LogP contribution in [0.3, 0.4) is 0 Å². The third kappa shape index (κ3) is 2.98. The average Bonchev–Trinajstić information content (AvgIpc) is 2.03. The van der Waals surface area contributed by atoms with Crippen molar-refractivity contribution in [3.8, 4) is 0 Å². The quantitative estimate of drug-likeness (QED) is 0.749. The summed E-state index contributed by atoms with van der Waals surface area (Å²) in [5.41, 5.74) is 0.863. The summed E-state index contributed by atoms with van der Waals surface area (Å²) in [5.74, 6) is 0. The van der Waals surface area contributed by atoms with E-state index in [0.717, 1.165) is 5.56 Å². The number of sulfonamides is 1. The Morgan fingerprint density at radius 3 is 2.00 bits per heavy atom. The van der Waals surface area contributed by atoms with E-state index in [0.29, 0.717) is 0 Å². The molecule has 5 heteroatoms. The van der Waals surface area contributed by atoms with Gasteiger partial charge >= 0.3 is 0 Å². The molecular formula is C8H12N2O2S. The minimum absolute atomic E-state index is 0. The highest BCUT2D eigenvalue weighted by atomic mass is 32.2. The molecule has 72 valence electrons. The zero-order valence-corrected chi connectivity index (χ0v) is 7.92. The molecule has 0 bridgehead atoms. The van der Waals surface area contributed by atoms with Gasteiger partial charge in [-0.05, 0) is 17.7 Å². The Kier molecular flexibility index (Phi) is 3.80. The summed E-state index contributed by atoms with van der Waals surface area (Å²) in [7, 11) is -3.56. The van der Waals surface area contributed by atoms with Gasteiger partial charge in [0.1, 0.15) is 0 Å². The van der Waals surface area contributed by atoms with Crippen molar-refractivity contribution in [1.82, 2.24) is 6.15 Å². The van der Waals surface area contributed by atoms with E-state index >= 15 is 0 Å². The number of hydrogen-bond acceptors (Lipinski definition) is 3. The molecule has 0 aliphatic rings. The van der Waals surface area contributed by atoms with Crippen LogP contribution in [0.4, 0.5) is 0 Å². The molecule has 1 rings (SSSR count). The molecule has 0 saturated heterocycles. The number of hydrogen-bond donors (Lipinski definition) is 2. The first-order chi connectivity index (χ1) is 5.54. The monoisotopic (exact) mass is 200 g/mol. The zero-order chi connectivity index (χ0) is 9.19. The third-order valence-corrected chi connectivity index (χ3v) is 2.37. The van der Waals surface area contributed by atoms with Gasteiger partial charge in [-0.1, -0.05) is 24.8 Å². The molecule has 0 radical (unpaired) electrons. The zero-order valence-electron chi connectivity index (χ0n) is 7.10. The molecular weight excluding hydrogens is 188 g/mol. The lowest BCUT2D eigenvalue weighted by molar-refractivity contribution is 0.598. The molecule has 0 aliphatic carbocycles. The van der Waals surface area contributed by atoms with Crippen molar-refractivity contribution in [2.24, 2.45) is 5.14 Å². The van der Waals surface area contributed by atoms with E-state index < -0.39 is 10.0 Å². The van der Waals surface area contributed by atoms with Gasteiger partial charge in [0.05, 0.1) is 4.90 Å². The molecule has 4 nitrogen and oxygen atoms in total. The minimum Gasteiger partial charge on any atom is -0.344 e. The van der Waals surface area contributed by atoms with E-state index in [9.17, 15) is 8.42 Å². The van der Waals surface area contributed by atoms with Gasteiger partial charge in [-0.15, -0.1) is 0 Å². The van der Waals surface area contributed by atoms with Crippen molar-refractivity contribution in [3.05, 3.63) is 36.4 Å². The summed E-state index contributed by atoms with van der Waals surface area (Å²) in [6.45, 7) is 3.54. The maximum atomic E-state index is 10.8. The molecule has 0 unspecified atom stereocenters. The van der Waals surface area contributed by atoms with Gasteiger partial charge in [-0.2, -0.15) is 0 Å². The van der Waals surface area contributed by atoms with Crippen LogP contribution in [0, 0.1) is 0 Å². The molecule has 0 heterocycles. The highest BCUT2D eigenvalue weighted by Crippen LogP contribution is 2.08. The Labute approximate surface area is 77.7 Å². The fourth-order valence-corrected chi connectivity index (χ4v) is 1.31. The van der Waals surface area contributed by atoms with Gasteiger partial charge in [-0.25, -0.2) is 13.6 Å². The van der Waals surface area contributed by atoms with E-state index in [1.807, 2.05) is 0 Å². The molecule has 0 amide bonds. The van der Waals surface area contributed by atoms with Crippen molar-refractivity contribution < 1.29 is 8.42 Å². The highest BCUT2D eigenvalue weighted by molar-refractivity contribution is 7.89. The maximum Gasteiger partial charge on any atom is 0.238 e. The highest BCUT2D eigenvalue weighted by Gasteiger charge is 2.05. The first-order valence-electron chi connectivity index (χ1n) is 3.29. The summed E-state index contributed by atoms with van der Waals surface area (Å²) < 4.78 is 21.6. The Bertz CT molecular complexity index is 381. The minimum atomic E-state index is -3.56. The molecule has 5 N–H and O–H groups in total. The maximum absolute atomic E-state index is 10.8. The Hall–Kier alpha value is -1.17. The van der Waals surface area contributed by atoms with Crippen molar-refractivity contribution >= 4 is 16.1 Å². The molecule has 0 aromatic heterocycles. The smallest absolute Gasteiger partial charge is 0.238 e. The lowest BCUT2D eigenvalue weighted by Crippen LogP contribution is -2.11. The fraction of sp³-hybridized carbons (Fsp3) is 0. The van der Waals surface area contributed by atoms with Crippen molar-refractivity contribution in [2.45, 2.75) is 4.90 Å². The molecule has 0 spiro atoms. The number of benzene rings is 1. The normalized spacial score (nSPS) is 10.2. The molecule has 0 fully saturated rings. The van der Waals surface area contributed by atoms with Crippen LogP contribution in [0.5, 0.6) is 0 Å². The molecule has 0 atom stereocenters. The van der Waals surface area contributed by atoms with E-state index in [4.69, 9.17) is 5.14 Å². The SMILES string of the molecule is C=Cc1ccc(S(N)(=O)=O)cc1.N. The number of primary sulfonamides is 1. The Morgan fingerprint density at radius 1 is 1.23 bits per heavy atom. The van der Waals surface area contributed by atoms with Gasteiger partial charge in [0, 0.05) is 0 Å². The summed E-state index contributed by atoms with van der Waals surface area (Å²) >= 11 is 0. The second-order valence-corrected chi connectivity index (χ2v) is 3.88. The lowest BCUT2D eigenvalue weighted by Gasteiger charge is -1.97. The molecule has 13 heavy (non-hydrogen) atoms. The third-order valence-electron chi connectivity index (χ3n) is 1.44. The van der Waals surface area contributed by atoms with E-state index in [1.165, 1.54) is 12.1 Å². The second kappa shape index (κ2) is 4.18. The fourth-order valence-electron chi connectivity index (χ4n) is 0.794. The standard InChI is InChI=1S/C8H9NO2S.H3N/c1-2-7-3-5-8(6-4-7)12(9,10)11;/h2-6H,1H2,(H2,9,10,11);1H3. The first kappa shape index (κ1) is 11.8. The second-order valence-electron chi connectivity index (χ2n) is 2.32. The predicted octanol–water partition coefficient (Wildman–Crippen LogP) is 1.14. The molecule has 1 aromatic rings. The first-order valence-corrected chi connectivity index (χ1v) is 4.84. The van der Waals surface area contributed by atoms with Crippen LogP contribution in [-0.4, -0.2) is 8.42 Å². The largest absolute Gasteiger partial charge is 0.344 e. The van der Waals surface area contributed by atoms with Gasteiger partial charge < -0.3 is 6.15 Å². The molecule has 0 aliphatic heterocycles. The van der Waals surface area contributed by atoms with E-state index in [1.54, 1.807) is 18.2 Å². The van der Waals surface area contributed by atoms with Crippen molar-refractivity contribution in [2.75, 3.05) is 0 Å².